The Morgan fingerprint density at radius 2 is 1.76 bits per heavy atom. The number of esters is 1. The third kappa shape index (κ3) is 4.43. The quantitative estimate of drug-likeness (QED) is 0.583. The highest BCUT2D eigenvalue weighted by atomic mass is 79.9. The van der Waals surface area contributed by atoms with Crippen molar-refractivity contribution in [3.8, 4) is 5.75 Å². The Hall–Kier alpha value is -1.38. The minimum Gasteiger partial charge on any atom is -0.497 e. The SMILES string of the molecule is COC(=O)c1cc(S(=O)(=O)Cc2cc(OC)ccc2Br)c(Br)cc1C. The molecule has 8 heteroatoms. The molecule has 5 nitrogen and oxygen atoms in total. The van der Waals surface area contributed by atoms with E-state index in [0.29, 0.717) is 25.8 Å². The topological polar surface area (TPSA) is 69.7 Å². The molecule has 134 valence electrons. The summed E-state index contributed by atoms with van der Waals surface area (Å²) in [6.45, 7) is 1.71. The molecule has 0 spiro atoms. The molecule has 2 aromatic carbocycles. The summed E-state index contributed by atoms with van der Waals surface area (Å²) in [4.78, 5) is 11.9. The monoisotopic (exact) mass is 490 g/mol. The zero-order valence-corrected chi connectivity index (χ0v) is 17.8. The molecule has 0 saturated heterocycles. The second kappa shape index (κ2) is 7.88. The van der Waals surface area contributed by atoms with Crippen LogP contribution in [0.3, 0.4) is 0 Å². The van der Waals surface area contributed by atoms with Crippen LogP contribution in [0.5, 0.6) is 5.75 Å². The molecule has 0 aliphatic heterocycles. The van der Waals surface area contributed by atoms with E-state index in [2.05, 4.69) is 31.9 Å². The average Bonchev–Trinajstić information content (AvgIpc) is 2.55. The van der Waals surface area contributed by atoms with Crippen molar-refractivity contribution in [1.82, 2.24) is 0 Å². The second-order valence-corrected chi connectivity index (χ2v) is 8.97. The van der Waals surface area contributed by atoms with Gasteiger partial charge in [0.2, 0.25) is 0 Å². The first-order chi connectivity index (χ1) is 11.7. The molecule has 0 unspecified atom stereocenters. The average molecular weight is 492 g/mol. The Kier molecular flexibility index (Phi) is 6.29. The van der Waals surface area contributed by atoms with Crippen molar-refractivity contribution in [3.63, 3.8) is 0 Å². The fourth-order valence-electron chi connectivity index (χ4n) is 2.29. The number of rotatable bonds is 5. The van der Waals surface area contributed by atoms with Crippen molar-refractivity contribution in [3.05, 3.63) is 56.0 Å². The normalized spacial score (nSPS) is 11.2. The number of sulfone groups is 1. The minimum atomic E-state index is -3.71. The molecule has 0 aliphatic carbocycles. The molecule has 25 heavy (non-hydrogen) atoms. The van der Waals surface area contributed by atoms with Crippen molar-refractivity contribution in [2.75, 3.05) is 14.2 Å². The lowest BCUT2D eigenvalue weighted by Crippen LogP contribution is -2.10. The Balaban J connectivity index is 2.52. The van der Waals surface area contributed by atoms with Crippen molar-refractivity contribution < 1.29 is 22.7 Å². The second-order valence-electron chi connectivity index (χ2n) is 5.31. The molecular weight excluding hydrogens is 476 g/mol. The van der Waals surface area contributed by atoms with Crippen LogP contribution in [-0.2, 0) is 20.3 Å². The molecule has 2 rings (SSSR count). The number of benzene rings is 2. The van der Waals surface area contributed by atoms with Gasteiger partial charge < -0.3 is 9.47 Å². The van der Waals surface area contributed by atoms with Crippen LogP contribution in [0.25, 0.3) is 0 Å². The fourth-order valence-corrected chi connectivity index (χ4v) is 5.52. The van der Waals surface area contributed by atoms with Crippen LogP contribution < -0.4 is 4.74 Å². The Bertz CT molecular complexity index is 923. The van der Waals surface area contributed by atoms with E-state index in [1.807, 2.05) is 0 Å². The lowest BCUT2D eigenvalue weighted by Gasteiger charge is -2.12. The highest BCUT2D eigenvalue weighted by Crippen LogP contribution is 2.31. The Morgan fingerprint density at radius 3 is 2.36 bits per heavy atom. The smallest absolute Gasteiger partial charge is 0.338 e. The third-order valence-corrected chi connectivity index (χ3v) is 7.01. The van der Waals surface area contributed by atoms with Crippen molar-refractivity contribution >= 4 is 47.7 Å². The molecule has 0 bridgehead atoms. The number of hydrogen-bond donors (Lipinski definition) is 0. The fraction of sp³-hybridized carbons (Fsp3) is 0.235. The van der Waals surface area contributed by atoms with Gasteiger partial charge in [0.05, 0.1) is 30.4 Å². The van der Waals surface area contributed by atoms with E-state index in [1.165, 1.54) is 20.3 Å². The number of carbonyl (C=O) groups is 1. The number of ether oxygens (including phenoxy) is 2. The summed E-state index contributed by atoms with van der Waals surface area (Å²) in [5.74, 6) is -0.261. The van der Waals surface area contributed by atoms with Crippen LogP contribution >= 0.6 is 31.9 Å². The van der Waals surface area contributed by atoms with Gasteiger partial charge in [0.1, 0.15) is 5.75 Å². The molecule has 0 aromatic heterocycles. The summed E-state index contributed by atoms with van der Waals surface area (Å²) in [6, 6.07) is 8.06. The van der Waals surface area contributed by atoms with Gasteiger partial charge in [-0.1, -0.05) is 15.9 Å². The summed E-state index contributed by atoms with van der Waals surface area (Å²) in [5, 5.41) is 0. The number of carbonyl (C=O) groups excluding carboxylic acids is 1. The van der Waals surface area contributed by atoms with Crippen LogP contribution in [0.15, 0.2) is 44.2 Å². The molecule has 2 aromatic rings. The van der Waals surface area contributed by atoms with Gasteiger partial charge in [-0.3, -0.25) is 0 Å². The highest BCUT2D eigenvalue weighted by molar-refractivity contribution is 9.10. The van der Waals surface area contributed by atoms with E-state index >= 15 is 0 Å². The summed E-state index contributed by atoms with van der Waals surface area (Å²) < 4.78 is 36.7. The zero-order chi connectivity index (χ0) is 18.8. The predicted molar refractivity (Wildman–Crippen MR) is 102 cm³/mol. The van der Waals surface area contributed by atoms with E-state index in [1.54, 1.807) is 31.2 Å². The summed E-state index contributed by atoms with van der Waals surface area (Å²) in [7, 11) is -0.943. The summed E-state index contributed by atoms with van der Waals surface area (Å²) in [6.07, 6.45) is 0. The van der Waals surface area contributed by atoms with Gasteiger partial charge in [-0.05, 0) is 64.3 Å². The zero-order valence-electron chi connectivity index (χ0n) is 13.8. The molecule has 0 N–H and O–H groups in total. The molecule has 0 aliphatic rings. The maximum atomic E-state index is 12.9. The van der Waals surface area contributed by atoms with Gasteiger partial charge in [0.25, 0.3) is 0 Å². The van der Waals surface area contributed by atoms with Gasteiger partial charge in [-0.2, -0.15) is 0 Å². The molecule has 0 atom stereocenters. The van der Waals surface area contributed by atoms with Crippen LogP contribution in [0.2, 0.25) is 0 Å². The summed E-state index contributed by atoms with van der Waals surface area (Å²) in [5.41, 5.74) is 1.40. The minimum absolute atomic E-state index is 0.0354. The molecular formula is C17H16Br2O5S. The van der Waals surface area contributed by atoms with E-state index in [0.717, 1.165) is 0 Å². The van der Waals surface area contributed by atoms with Crippen LogP contribution in [0.1, 0.15) is 21.5 Å². The van der Waals surface area contributed by atoms with E-state index < -0.39 is 15.8 Å². The van der Waals surface area contributed by atoms with Crippen molar-refractivity contribution in [1.29, 1.82) is 0 Å². The van der Waals surface area contributed by atoms with E-state index in [9.17, 15) is 13.2 Å². The standard InChI is InChI=1S/C17H16Br2O5S/c1-10-6-15(19)16(8-13(10)17(20)24-3)25(21,22)9-11-7-12(23-2)4-5-14(11)18/h4-8H,9H2,1-3H3. The Morgan fingerprint density at radius 1 is 1.08 bits per heavy atom. The van der Waals surface area contributed by atoms with Gasteiger partial charge in [-0.15, -0.1) is 0 Å². The van der Waals surface area contributed by atoms with Crippen LogP contribution in [0, 0.1) is 6.92 Å². The first-order valence-corrected chi connectivity index (χ1v) is 10.4. The number of halogens is 2. The first kappa shape index (κ1) is 19.9. The number of methoxy groups -OCH3 is 2. The maximum absolute atomic E-state index is 12.9. The number of aryl methyl sites for hydroxylation is 1. The van der Waals surface area contributed by atoms with Crippen LogP contribution in [-0.4, -0.2) is 28.6 Å². The molecule has 0 amide bonds. The third-order valence-electron chi connectivity index (χ3n) is 3.62. The van der Waals surface area contributed by atoms with Gasteiger partial charge in [0, 0.05) is 8.95 Å². The van der Waals surface area contributed by atoms with Crippen LogP contribution in [0.4, 0.5) is 0 Å². The van der Waals surface area contributed by atoms with Crippen molar-refractivity contribution in [2.45, 2.75) is 17.6 Å². The Labute approximate surface area is 163 Å². The molecule has 0 radical (unpaired) electrons. The van der Waals surface area contributed by atoms with Crippen molar-refractivity contribution in [2.24, 2.45) is 0 Å². The molecule has 0 saturated carbocycles. The molecule has 0 heterocycles. The van der Waals surface area contributed by atoms with Gasteiger partial charge in [0.15, 0.2) is 9.84 Å². The lowest BCUT2D eigenvalue weighted by molar-refractivity contribution is 0.0599. The lowest BCUT2D eigenvalue weighted by atomic mass is 10.1. The maximum Gasteiger partial charge on any atom is 0.338 e. The summed E-state index contributed by atoms with van der Waals surface area (Å²) >= 11 is 6.64. The first-order valence-electron chi connectivity index (χ1n) is 7.13. The molecule has 0 fully saturated rings. The largest absolute Gasteiger partial charge is 0.497 e. The van der Waals surface area contributed by atoms with Gasteiger partial charge >= 0.3 is 5.97 Å². The predicted octanol–water partition coefficient (Wildman–Crippen LogP) is 4.29. The van der Waals surface area contributed by atoms with Gasteiger partial charge in [-0.25, -0.2) is 13.2 Å². The van der Waals surface area contributed by atoms with E-state index in [-0.39, 0.29) is 16.2 Å². The number of hydrogen-bond acceptors (Lipinski definition) is 5. The highest BCUT2D eigenvalue weighted by Gasteiger charge is 2.23. The van der Waals surface area contributed by atoms with E-state index in [4.69, 9.17) is 9.47 Å².